The first-order valence-electron chi connectivity index (χ1n) is 8.11. The van der Waals surface area contributed by atoms with E-state index in [0.717, 1.165) is 0 Å². The summed E-state index contributed by atoms with van der Waals surface area (Å²) in [6.07, 6.45) is 1.52. The van der Waals surface area contributed by atoms with E-state index in [1.807, 2.05) is 18.2 Å². The number of ether oxygens (including phenoxy) is 1. The molecule has 0 radical (unpaired) electrons. The second-order valence-corrected chi connectivity index (χ2v) is 7.03. The third-order valence-electron chi connectivity index (χ3n) is 3.42. The van der Waals surface area contributed by atoms with Gasteiger partial charge in [-0.15, -0.1) is 0 Å². The van der Waals surface area contributed by atoms with Crippen LogP contribution in [0.25, 0.3) is 5.69 Å². The number of nitrogens with two attached hydrogens (primary N) is 1. The van der Waals surface area contributed by atoms with Crippen molar-refractivity contribution in [3.63, 3.8) is 0 Å². The van der Waals surface area contributed by atoms with Crippen LogP contribution in [0, 0.1) is 0 Å². The van der Waals surface area contributed by atoms with Crippen molar-refractivity contribution in [2.45, 2.75) is 20.8 Å². The number of benzene rings is 1. The van der Waals surface area contributed by atoms with Crippen LogP contribution in [0.5, 0.6) is 0 Å². The van der Waals surface area contributed by atoms with E-state index >= 15 is 0 Å². The Morgan fingerprint density at radius 1 is 1.08 bits per heavy atom. The molecule has 8 heteroatoms. The fourth-order valence-corrected chi connectivity index (χ4v) is 4.13. The summed E-state index contributed by atoms with van der Waals surface area (Å²) in [5, 5.41) is 0.156. The van der Waals surface area contributed by atoms with E-state index in [4.69, 9.17) is 19.5 Å². The van der Waals surface area contributed by atoms with Crippen molar-refractivity contribution < 1.29 is 23.1 Å². The number of carbonyl (C=O) groups is 1. The zero-order chi connectivity index (χ0) is 18.4. The molecule has 0 fully saturated rings. The number of rotatable bonds is 8. The number of anilines is 1. The van der Waals surface area contributed by atoms with Crippen molar-refractivity contribution >= 4 is 24.6 Å². The molecule has 0 bridgehead atoms. The van der Waals surface area contributed by atoms with Gasteiger partial charge >= 0.3 is 13.6 Å². The normalized spacial score (nSPS) is 11.5. The fraction of sp³-hybridized carbons (Fsp3) is 0.353. The van der Waals surface area contributed by atoms with Crippen molar-refractivity contribution in [1.82, 2.24) is 4.57 Å². The number of para-hydroxylation sites is 1. The largest absolute Gasteiger partial charge is 0.461 e. The van der Waals surface area contributed by atoms with Gasteiger partial charge in [0.25, 0.3) is 0 Å². The number of nitrogen functional groups attached to an aromatic ring is 1. The van der Waals surface area contributed by atoms with E-state index in [-0.39, 0.29) is 36.5 Å². The molecule has 0 spiro atoms. The van der Waals surface area contributed by atoms with Gasteiger partial charge in [-0.05, 0) is 32.9 Å². The first-order chi connectivity index (χ1) is 12.0. The molecule has 0 atom stereocenters. The maximum atomic E-state index is 13.1. The lowest BCUT2D eigenvalue weighted by Crippen LogP contribution is -2.15. The van der Waals surface area contributed by atoms with Crippen molar-refractivity contribution in [3.05, 3.63) is 42.2 Å². The summed E-state index contributed by atoms with van der Waals surface area (Å²) in [5.41, 5.74) is 6.98. The molecule has 1 aromatic heterocycles. The van der Waals surface area contributed by atoms with E-state index < -0.39 is 13.6 Å². The molecule has 2 N–H and O–H groups in total. The van der Waals surface area contributed by atoms with Gasteiger partial charge in [0.15, 0.2) is 5.69 Å². The Labute approximate surface area is 147 Å². The zero-order valence-electron chi connectivity index (χ0n) is 14.6. The van der Waals surface area contributed by atoms with Crippen LogP contribution in [0.15, 0.2) is 36.5 Å². The Morgan fingerprint density at radius 3 is 2.20 bits per heavy atom. The average Bonchev–Trinajstić information content (AvgIpc) is 2.94. The summed E-state index contributed by atoms with van der Waals surface area (Å²) in [5.74, 6) is -0.602. The Hall–Kier alpha value is -2.08. The van der Waals surface area contributed by atoms with Crippen LogP contribution in [-0.4, -0.2) is 30.4 Å². The molecule has 0 unspecified atom stereocenters. The van der Waals surface area contributed by atoms with Crippen LogP contribution in [0.1, 0.15) is 31.3 Å². The van der Waals surface area contributed by atoms with Gasteiger partial charge in [0.2, 0.25) is 0 Å². The Kier molecular flexibility index (Phi) is 6.42. The van der Waals surface area contributed by atoms with Crippen molar-refractivity contribution in [2.24, 2.45) is 0 Å². The zero-order valence-corrected chi connectivity index (χ0v) is 15.5. The smallest absolute Gasteiger partial charge is 0.364 e. The van der Waals surface area contributed by atoms with E-state index in [2.05, 4.69) is 0 Å². The van der Waals surface area contributed by atoms with Crippen LogP contribution < -0.4 is 11.0 Å². The number of nitrogens with zero attached hydrogens (tertiary/aromatic N) is 1. The highest BCUT2D eigenvalue weighted by molar-refractivity contribution is 7.62. The number of esters is 1. The average molecular weight is 366 g/mol. The molecule has 0 saturated heterocycles. The molecular formula is C17H23N2O5P. The van der Waals surface area contributed by atoms with Crippen LogP contribution >= 0.6 is 7.60 Å². The predicted molar refractivity (Wildman–Crippen MR) is 96.6 cm³/mol. The second kappa shape index (κ2) is 8.34. The fourth-order valence-electron chi connectivity index (χ4n) is 2.44. The quantitative estimate of drug-likeness (QED) is 0.570. The van der Waals surface area contributed by atoms with Gasteiger partial charge in [-0.1, -0.05) is 18.2 Å². The number of aromatic nitrogens is 1. The predicted octanol–water partition coefficient (Wildman–Crippen LogP) is 3.13. The van der Waals surface area contributed by atoms with E-state index in [0.29, 0.717) is 5.69 Å². The molecule has 0 aliphatic rings. The monoisotopic (exact) mass is 366 g/mol. The number of carbonyl (C=O) groups excluding carboxylic acids is 1. The molecule has 0 aliphatic carbocycles. The summed E-state index contributed by atoms with van der Waals surface area (Å²) in [7, 11) is -3.65. The standard InChI is InChI=1S/C17H23N2O5P/c1-4-22-17(20)16-15(18)14(25(21,23-5-2)24-6-3)12-19(16)13-10-8-7-9-11-13/h7-12H,4-6,18H2,1-3H3. The van der Waals surface area contributed by atoms with E-state index in [1.54, 1.807) is 37.5 Å². The molecule has 0 aliphatic heterocycles. The van der Waals surface area contributed by atoms with Crippen LogP contribution in [0.3, 0.4) is 0 Å². The maximum absolute atomic E-state index is 13.1. The highest BCUT2D eigenvalue weighted by Gasteiger charge is 2.35. The van der Waals surface area contributed by atoms with E-state index in [9.17, 15) is 9.36 Å². The Balaban J connectivity index is 2.67. The van der Waals surface area contributed by atoms with E-state index in [1.165, 1.54) is 6.20 Å². The van der Waals surface area contributed by atoms with Gasteiger partial charge in [-0.3, -0.25) is 4.57 Å². The number of hydrogen-bond donors (Lipinski definition) is 1. The second-order valence-electron chi connectivity index (χ2n) is 5.04. The third kappa shape index (κ3) is 3.95. The topological polar surface area (TPSA) is 92.8 Å². The van der Waals surface area contributed by atoms with Gasteiger partial charge in [0.1, 0.15) is 5.30 Å². The van der Waals surface area contributed by atoms with Crippen molar-refractivity contribution in [1.29, 1.82) is 0 Å². The summed E-state index contributed by atoms with van der Waals surface area (Å²) in [6, 6.07) is 9.11. The van der Waals surface area contributed by atoms with Crippen LogP contribution in [0.4, 0.5) is 5.69 Å². The molecule has 0 amide bonds. The first-order valence-corrected chi connectivity index (χ1v) is 9.65. The van der Waals surface area contributed by atoms with Gasteiger partial charge in [0.05, 0.1) is 25.5 Å². The summed E-state index contributed by atoms with van der Waals surface area (Å²) >= 11 is 0. The Bertz CT molecular complexity index is 763. The SMILES string of the molecule is CCOC(=O)c1c(N)c(P(=O)(OCC)OCC)cn1-c1ccccc1. The third-order valence-corrected chi connectivity index (χ3v) is 5.56. The molecule has 2 aromatic rings. The minimum Gasteiger partial charge on any atom is -0.461 e. The van der Waals surface area contributed by atoms with Crippen LogP contribution in [0.2, 0.25) is 0 Å². The van der Waals surface area contributed by atoms with Gasteiger partial charge < -0.3 is 24.1 Å². The molecule has 2 rings (SSSR count). The van der Waals surface area contributed by atoms with Crippen molar-refractivity contribution in [2.75, 3.05) is 25.6 Å². The lowest BCUT2D eigenvalue weighted by atomic mass is 10.3. The molecule has 0 saturated carbocycles. The lowest BCUT2D eigenvalue weighted by Gasteiger charge is -2.16. The molecule has 136 valence electrons. The van der Waals surface area contributed by atoms with Gasteiger partial charge in [0, 0.05) is 11.9 Å². The van der Waals surface area contributed by atoms with Crippen molar-refractivity contribution in [3.8, 4) is 5.69 Å². The molecule has 1 heterocycles. The minimum atomic E-state index is -3.65. The summed E-state index contributed by atoms with van der Waals surface area (Å²) in [6.45, 7) is 5.69. The molecule has 1 aromatic carbocycles. The Morgan fingerprint density at radius 2 is 1.68 bits per heavy atom. The molecular weight excluding hydrogens is 343 g/mol. The van der Waals surface area contributed by atoms with Gasteiger partial charge in [-0.25, -0.2) is 4.79 Å². The van der Waals surface area contributed by atoms with Crippen LogP contribution in [-0.2, 0) is 18.3 Å². The summed E-state index contributed by atoms with van der Waals surface area (Å²) < 4.78 is 30.5. The molecule has 25 heavy (non-hydrogen) atoms. The maximum Gasteiger partial charge on any atom is 0.364 e. The van der Waals surface area contributed by atoms with Gasteiger partial charge in [-0.2, -0.15) is 0 Å². The lowest BCUT2D eigenvalue weighted by molar-refractivity contribution is 0.0518. The number of hydrogen-bond acceptors (Lipinski definition) is 6. The highest BCUT2D eigenvalue weighted by atomic mass is 31.2. The highest BCUT2D eigenvalue weighted by Crippen LogP contribution is 2.49. The minimum absolute atomic E-state index is 0.0348. The first kappa shape index (κ1) is 19.2. The summed E-state index contributed by atoms with van der Waals surface area (Å²) in [4.78, 5) is 12.4. The molecule has 7 nitrogen and oxygen atoms in total.